The zero-order valence-electron chi connectivity index (χ0n) is 10.8. The Labute approximate surface area is 116 Å². The van der Waals surface area contributed by atoms with Gasteiger partial charge in [0.05, 0.1) is 18.6 Å². The molecule has 1 aliphatic heterocycles. The van der Waals surface area contributed by atoms with Crippen molar-refractivity contribution in [2.45, 2.75) is 31.7 Å². The topological polar surface area (TPSA) is 62.4 Å². The molecule has 0 aliphatic carbocycles. The van der Waals surface area contributed by atoms with Crippen LogP contribution in [0.2, 0.25) is 5.02 Å². The molecule has 19 heavy (non-hydrogen) atoms. The van der Waals surface area contributed by atoms with Crippen molar-refractivity contribution < 1.29 is 14.3 Å². The Morgan fingerprint density at radius 3 is 2.95 bits per heavy atom. The highest BCUT2D eigenvalue weighted by Gasteiger charge is 2.30. The number of amides is 1. The van der Waals surface area contributed by atoms with Gasteiger partial charge in [-0.1, -0.05) is 11.6 Å². The maximum atomic E-state index is 12.4. The van der Waals surface area contributed by atoms with E-state index < -0.39 is 0 Å². The van der Waals surface area contributed by atoms with Crippen molar-refractivity contribution in [3.05, 3.63) is 23.0 Å². The van der Waals surface area contributed by atoms with E-state index in [1.54, 1.807) is 17.2 Å². The molecule has 6 heteroatoms. The quantitative estimate of drug-likeness (QED) is 0.866. The average Bonchev–Trinajstić information content (AvgIpc) is 2.85. The molecule has 1 aromatic heterocycles. The van der Waals surface area contributed by atoms with Gasteiger partial charge in [0.25, 0.3) is 5.91 Å². The smallest absolute Gasteiger partial charge is 0.307 e. The molecule has 1 aromatic rings. The lowest BCUT2D eigenvalue weighted by molar-refractivity contribution is -0.142. The van der Waals surface area contributed by atoms with Crippen molar-refractivity contribution in [1.82, 2.24) is 9.88 Å². The van der Waals surface area contributed by atoms with Crippen LogP contribution in [0.25, 0.3) is 0 Å². The van der Waals surface area contributed by atoms with Crippen LogP contribution in [0, 0.1) is 0 Å². The van der Waals surface area contributed by atoms with Crippen molar-refractivity contribution in [1.29, 1.82) is 0 Å². The summed E-state index contributed by atoms with van der Waals surface area (Å²) >= 11 is 5.81. The lowest BCUT2D eigenvalue weighted by atomic mass is 9.99. The molecule has 104 valence electrons. The highest BCUT2D eigenvalue weighted by Crippen LogP contribution is 2.23. The number of hydrogen-bond acceptors (Lipinski definition) is 3. The molecule has 1 saturated heterocycles. The van der Waals surface area contributed by atoms with Gasteiger partial charge in [0.15, 0.2) is 0 Å². The molecule has 0 radical (unpaired) electrons. The fraction of sp³-hybridized carbons (Fsp3) is 0.538. The first-order chi connectivity index (χ1) is 9.11. The standard InChI is InChI=1S/C13H17ClN2O3/c1-19-12(17)7-10-4-2-3-5-16(10)13(18)11-6-9(14)8-15-11/h6,8,10,15H,2-5,7H2,1H3. The second-order valence-corrected chi connectivity index (χ2v) is 5.10. The number of likely N-dealkylation sites (tertiary alicyclic amines) is 1. The van der Waals surface area contributed by atoms with Crippen LogP contribution in [0.1, 0.15) is 36.2 Å². The summed E-state index contributed by atoms with van der Waals surface area (Å²) in [6, 6.07) is 1.52. The molecule has 1 aliphatic rings. The van der Waals surface area contributed by atoms with E-state index in [0.717, 1.165) is 19.3 Å². The van der Waals surface area contributed by atoms with E-state index in [-0.39, 0.29) is 24.3 Å². The summed E-state index contributed by atoms with van der Waals surface area (Å²) in [5, 5.41) is 0.505. The van der Waals surface area contributed by atoms with Crippen molar-refractivity contribution >= 4 is 23.5 Å². The number of nitrogens with one attached hydrogen (secondary N) is 1. The number of hydrogen-bond donors (Lipinski definition) is 1. The molecule has 0 saturated carbocycles. The molecule has 1 amide bonds. The summed E-state index contributed by atoms with van der Waals surface area (Å²) < 4.78 is 4.69. The van der Waals surface area contributed by atoms with Gasteiger partial charge in [-0.05, 0) is 25.3 Å². The average molecular weight is 285 g/mol. The van der Waals surface area contributed by atoms with E-state index in [9.17, 15) is 9.59 Å². The number of ether oxygens (including phenoxy) is 1. The van der Waals surface area contributed by atoms with Gasteiger partial charge >= 0.3 is 5.97 Å². The van der Waals surface area contributed by atoms with Crippen LogP contribution in [0.4, 0.5) is 0 Å². The largest absolute Gasteiger partial charge is 0.469 e. The van der Waals surface area contributed by atoms with Gasteiger partial charge in [0, 0.05) is 18.8 Å². The monoisotopic (exact) mass is 284 g/mol. The van der Waals surface area contributed by atoms with Crippen molar-refractivity contribution in [2.75, 3.05) is 13.7 Å². The first-order valence-corrected chi connectivity index (χ1v) is 6.71. The summed E-state index contributed by atoms with van der Waals surface area (Å²) in [5.74, 6) is -0.394. The number of H-pyrrole nitrogens is 1. The Bertz CT molecular complexity index is 472. The summed E-state index contributed by atoms with van der Waals surface area (Å²) in [7, 11) is 1.36. The minimum absolute atomic E-state index is 0.0872. The summed E-state index contributed by atoms with van der Waals surface area (Å²) in [6.07, 6.45) is 4.63. The number of carbonyl (C=O) groups excluding carboxylic acids is 2. The van der Waals surface area contributed by atoms with Crippen molar-refractivity contribution in [3.63, 3.8) is 0 Å². The van der Waals surface area contributed by atoms with Crippen molar-refractivity contribution in [2.24, 2.45) is 0 Å². The molecule has 0 bridgehead atoms. The van der Waals surface area contributed by atoms with Gasteiger partial charge in [0.2, 0.25) is 0 Å². The summed E-state index contributed by atoms with van der Waals surface area (Å²) in [5.41, 5.74) is 0.460. The van der Waals surface area contributed by atoms with Crippen LogP contribution >= 0.6 is 11.6 Å². The van der Waals surface area contributed by atoms with Gasteiger partial charge in [-0.25, -0.2) is 0 Å². The Morgan fingerprint density at radius 1 is 1.53 bits per heavy atom. The van der Waals surface area contributed by atoms with Gasteiger partial charge in [0.1, 0.15) is 5.69 Å². The predicted octanol–water partition coefficient (Wildman–Crippen LogP) is 2.23. The molecule has 1 atom stereocenters. The number of aromatic amines is 1. The van der Waals surface area contributed by atoms with Gasteiger partial charge in [-0.2, -0.15) is 0 Å². The molecule has 5 nitrogen and oxygen atoms in total. The zero-order chi connectivity index (χ0) is 13.8. The van der Waals surface area contributed by atoms with E-state index in [2.05, 4.69) is 9.72 Å². The number of nitrogens with zero attached hydrogens (tertiary/aromatic N) is 1. The maximum absolute atomic E-state index is 12.4. The first kappa shape index (κ1) is 13.9. The van der Waals surface area contributed by atoms with Crippen LogP contribution in [-0.4, -0.2) is 41.5 Å². The van der Waals surface area contributed by atoms with Crippen LogP contribution < -0.4 is 0 Å². The minimum atomic E-state index is -0.283. The van der Waals surface area contributed by atoms with E-state index in [4.69, 9.17) is 11.6 Å². The van der Waals surface area contributed by atoms with Crippen molar-refractivity contribution in [3.8, 4) is 0 Å². The van der Waals surface area contributed by atoms with Crippen LogP contribution in [-0.2, 0) is 9.53 Å². The third kappa shape index (κ3) is 3.29. The molecular formula is C13H17ClN2O3. The molecular weight excluding hydrogens is 268 g/mol. The third-order valence-corrected chi connectivity index (χ3v) is 3.61. The zero-order valence-corrected chi connectivity index (χ0v) is 11.6. The number of aromatic nitrogens is 1. The minimum Gasteiger partial charge on any atom is -0.469 e. The highest BCUT2D eigenvalue weighted by molar-refractivity contribution is 6.30. The Balaban J connectivity index is 2.10. The number of halogens is 1. The summed E-state index contributed by atoms with van der Waals surface area (Å²) in [6.45, 7) is 0.664. The fourth-order valence-corrected chi connectivity index (χ4v) is 2.57. The number of rotatable bonds is 3. The van der Waals surface area contributed by atoms with E-state index in [1.807, 2.05) is 0 Å². The maximum Gasteiger partial charge on any atom is 0.307 e. The molecule has 1 fully saturated rings. The van der Waals surface area contributed by atoms with Crippen LogP contribution in [0.3, 0.4) is 0 Å². The second kappa shape index (κ2) is 6.10. The third-order valence-electron chi connectivity index (χ3n) is 3.40. The second-order valence-electron chi connectivity index (χ2n) is 4.66. The lowest BCUT2D eigenvalue weighted by Crippen LogP contribution is -2.45. The van der Waals surface area contributed by atoms with Gasteiger partial charge < -0.3 is 14.6 Å². The van der Waals surface area contributed by atoms with E-state index >= 15 is 0 Å². The molecule has 2 heterocycles. The van der Waals surface area contributed by atoms with E-state index in [1.165, 1.54) is 7.11 Å². The molecule has 1 unspecified atom stereocenters. The molecule has 1 N–H and O–H groups in total. The SMILES string of the molecule is COC(=O)CC1CCCCN1C(=O)c1cc(Cl)c[nH]1. The summed E-state index contributed by atoms with van der Waals surface area (Å²) in [4.78, 5) is 28.4. The normalized spacial score (nSPS) is 19.3. The number of carbonyl (C=O) groups is 2. The van der Waals surface area contributed by atoms with Gasteiger partial charge in [-0.3, -0.25) is 9.59 Å². The van der Waals surface area contributed by atoms with Crippen LogP contribution in [0.5, 0.6) is 0 Å². The van der Waals surface area contributed by atoms with E-state index in [0.29, 0.717) is 17.3 Å². The number of methoxy groups -OCH3 is 1. The highest BCUT2D eigenvalue weighted by atomic mass is 35.5. The van der Waals surface area contributed by atoms with Crippen LogP contribution in [0.15, 0.2) is 12.3 Å². The first-order valence-electron chi connectivity index (χ1n) is 6.33. The number of esters is 1. The number of piperidine rings is 1. The Kier molecular flexibility index (Phi) is 4.47. The van der Waals surface area contributed by atoms with Gasteiger partial charge in [-0.15, -0.1) is 0 Å². The molecule has 0 spiro atoms. The predicted molar refractivity (Wildman–Crippen MR) is 71.1 cm³/mol. The Hall–Kier alpha value is -1.49. The lowest BCUT2D eigenvalue weighted by Gasteiger charge is -2.34. The Morgan fingerprint density at radius 2 is 2.32 bits per heavy atom. The molecule has 0 aromatic carbocycles. The molecule has 2 rings (SSSR count). The fourth-order valence-electron chi connectivity index (χ4n) is 2.40.